The first-order chi connectivity index (χ1) is 20.2. The predicted molar refractivity (Wildman–Crippen MR) is 161 cm³/mol. The highest BCUT2D eigenvalue weighted by molar-refractivity contribution is 7.92. The SMILES string of the molecule is CCCCOC(=O)CN(c1ccc2c(ccn2-c2ccc(N3CCNC(=O)C3)nn2)c1)S(=O)(=O)c1cc(Cl)cc(Cl)c1. The molecule has 4 aromatic rings. The van der Waals surface area contributed by atoms with Gasteiger partial charge in [-0.3, -0.25) is 18.5 Å². The molecule has 0 bridgehead atoms. The van der Waals surface area contributed by atoms with Gasteiger partial charge >= 0.3 is 5.97 Å². The topological polar surface area (TPSA) is 127 Å². The van der Waals surface area contributed by atoms with Gasteiger partial charge in [-0.05, 0) is 61.0 Å². The van der Waals surface area contributed by atoms with Gasteiger partial charge in [0.2, 0.25) is 5.91 Å². The Hall–Kier alpha value is -3.87. The van der Waals surface area contributed by atoms with Crippen LogP contribution in [-0.2, 0) is 24.3 Å². The van der Waals surface area contributed by atoms with Crippen LogP contribution in [0.5, 0.6) is 0 Å². The van der Waals surface area contributed by atoms with E-state index in [1.54, 1.807) is 36.5 Å². The summed E-state index contributed by atoms with van der Waals surface area (Å²) in [6.07, 6.45) is 3.28. The zero-order valence-corrected chi connectivity index (χ0v) is 25.0. The Labute approximate surface area is 253 Å². The van der Waals surface area contributed by atoms with Gasteiger partial charge < -0.3 is 15.0 Å². The number of ether oxygens (including phenoxy) is 1. The molecule has 1 saturated heterocycles. The second-order valence-corrected chi connectivity index (χ2v) is 12.4. The lowest BCUT2D eigenvalue weighted by molar-refractivity contribution is -0.141. The van der Waals surface area contributed by atoms with Gasteiger partial charge in [0.25, 0.3) is 10.0 Å². The maximum atomic E-state index is 13.8. The highest BCUT2D eigenvalue weighted by Gasteiger charge is 2.29. The number of amides is 1. The highest BCUT2D eigenvalue weighted by atomic mass is 35.5. The lowest BCUT2D eigenvalue weighted by Gasteiger charge is -2.27. The van der Waals surface area contributed by atoms with Crippen LogP contribution in [0, 0.1) is 0 Å². The number of esters is 1. The average molecular weight is 632 g/mol. The van der Waals surface area contributed by atoms with Crippen molar-refractivity contribution < 1.29 is 22.7 Å². The van der Waals surface area contributed by atoms with E-state index in [0.717, 1.165) is 16.2 Å². The third-order valence-electron chi connectivity index (χ3n) is 6.67. The smallest absolute Gasteiger partial charge is 0.326 e. The Bertz CT molecular complexity index is 1710. The van der Waals surface area contributed by atoms with E-state index in [-0.39, 0.29) is 39.7 Å². The molecule has 11 nitrogen and oxygen atoms in total. The van der Waals surface area contributed by atoms with Crippen LogP contribution in [0.3, 0.4) is 0 Å². The summed E-state index contributed by atoms with van der Waals surface area (Å²) in [5.41, 5.74) is 1.00. The number of benzene rings is 2. The van der Waals surface area contributed by atoms with E-state index in [0.29, 0.717) is 36.5 Å². The number of fused-ring (bicyclic) bond motifs is 1. The number of nitrogens with zero attached hydrogens (tertiary/aromatic N) is 5. The summed E-state index contributed by atoms with van der Waals surface area (Å²) in [6.45, 7) is 3.02. The number of hydrogen-bond donors (Lipinski definition) is 1. The van der Waals surface area contributed by atoms with E-state index >= 15 is 0 Å². The van der Waals surface area contributed by atoms with Crippen LogP contribution in [-0.4, -0.2) is 67.8 Å². The number of anilines is 2. The number of carbonyl (C=O) groups is 2. The van der Waals surface area contributed by atoms with Gasteiger partial charge in [0.15, 0.2) is 11.6 Å². The lowest BCUT2D eigenvalue weighted by Crippen LogP contribution is -2.48. The van der Waals surface area contributed by atoms with Crippen molar-refractivity contribution in [2.24, 2.45) is 0 Å². The summed E-state index contributed by atoms with van der Waals surface area (Å²) in [5.74, 6) is 0.392. The minimum Gasteiger partial charge on any atom is -0.464 e. The van der Waals surface area contributed by atoms with Crippen LogP contribution >= 0.6 is 23.2 Å². The first kappa shape index (κ1) is 29.6. The van der Waals surface area contributed by atoms with Gasteiger partial charge in [-0.25, -0.2) is 8.42 Å². The molecule has 1 N–H and O–H groups in total. The van der Waals surface area contributed by atoms with Crippen LogP contribution in [0.2, 0.25) is 10.0 Å². The minimum atomic E-state index is -4.26. The third-order valence-corrected chi connectivity index (χ3v) is 8.85. The van der Waals surface area contributed by atoms with Crippen molar-refractivity contribution in [1.82, 2.24) is 20.1 Å². The molecule has 2 aromatic carbocycles. The largest absolute Gasteiger partial charge is 0.464 e. The van der Waals surface area contributed by atoms with Crippen molar-refractivity contribution in [2.75, 3.05) is 42.0 Å². The molecule has 0 atom stereocenters. The molecule has 3 heterocycles. The van der Waals surface area contributed by atoms with Gasteiger partial charge in [-0.1, -0.05) is 36.5 Å². The normalized spacial score (nSPS) is 13.7. The van der Waals surface area contributed by atoms with Crippen molar-refractivity contribution in [1.29, 1.82) is 0 Å². The van der Waals surface area contributed by atoms with Crippen molar-refractivity contribution >= 4 is 67.5 Å². The first-order valence-electron chi connectivity index (χ1n) is 13.3. The molecular formula is C28H28Cl2N6O5S. The van der Waals surface area contributed by atoms with E-state index in [9.17, 15) is 18.0 Å². The van der Waals surface area contributed by atoms with Gasteiger partial charge in [0.05, 0.1) is 29.3 Å². The summed E-state index contributed by atoms with van der Waals surface area (Å²) in [5, 5.41) is 12.4. The van der Waals surface area contributed by atoms with Crippen LogP contribution in [0.4, 0.5) is 11.5 Å². The zero-order valence-electron chi connectivity index (χ0n) is 22.7. The molecule has 0 spiro atoms. The molecule has 1 aliphatic rings. The highest BCUT2D eigenvalue weighted by Crippen LogP contribution is 2.31. The molecule has 1 aliphatic heterocycles. The van der Waals surface area contributed by atoms with Gasteiger partial charge in [-0.15, -0.1) is 10.2 Å². The van der Waals surface area contributed by atoms with E-state index in [2.05, 4.69) is 15.5 Å². The van der Waals surface area contributed by atoms with E-state index in [4.69, 9.17) is 27.9 Å². The third kappa shape index (κ3) is 6.45. The van der Waals surface area contributed by atoms with Crippen molar-refractivity contribution in [3.63, 3.8) is 0 Å². The van der Waals surface area contributed by atoms with E-state index in [1.165, 1.54) is 18.2 Å². The Kier molecular flexibility index (Phi) is 8.85. The number of nitrogens with one attached hydrogen (secondary N) is 1. The van der Waals surface area contributed by atoms with Gasteiger partial charge in [-0.2, -0.15) is 0 Å². The number of carbonyl (C=O) groups excluding carboxylic acids is 2. The standard InChI is InChI=1S/C28H28Cl2N6O5S/c1-2-3-12-41-28(38)18-36(42(39,40)23-15-20(29)14-21(30)16-23)22-4-5-24-19(13-22)8-10-35(24)26-7-6-25(32-33-26)34-11-9-31-27(37)17-34/h4-8,10,13-16H,2-3,9,11-12,17-18H2,1H3,(H,31,37). The molecule has 1 amide bonds. The molecule has 14 heteroatoms. The van der Waals surface area contributed by atoms with Crippen LogP contribution < -0.4 is 14.5 Å². The van der Waals surface area contributed by atoms with Crippen molar-refractivity contribution in [2.45, 2.75) is 24.7 Å². The molecule has 0 aliphatic carbocycles. The summed E-state index contributed by atoms with van der Waals surface area (Å²) < 4.78 is 35.7. The molecule has 220 valence electrons. The molecule has 0 unspecified atom stereocenters. The van der Waals surface area contributed by atoms with Gasteiger partial charge in [0, 0.05) is 34.7 Å². The van der Waals surface area contributed by atoms with E-state index < -0.39 is 22.5 Å². The predicted octanol–water partition coefficient (Wildman–Crippen LogP) is 4.20. The minimum absolute atomic E-state index is 0.0666. The summed E-state index contributed by atoms with van der Waals surface area (Å²) in [7, 11) is -4.26. The Balaban J connectivity index is 1.47. The van der Waals surface area contributed by atoms with Crippen LogP contribution in [0.15, 0.2) is 65.7 Å². The fourth-order valence-electron chi connectivity index (χ4n) is 4.55. The maximum Gasteiger partial charge on any atom is 0.326 e. The number of halogens is 2. The number of piperazine rings is 1. The fraction of sp³-hybridized carbons (Fsp3) is 0.286. The monoisotopic (exact) mass is 630 g/mol. The Morgan fingerprint density at radius 3 is 2.48 bits per heavy atom. The number of sulfonamides is 1. The maximum absolute atomic E-state index is 13.8. The number of rotatable bonds is 10. The number of hydrogen-bond acceptors (Lipinski definition) is 8. The molecule has 2 aromatic heterocycles. The molecule has 1 fully saturated rings. The van der Waals surface area contributed by atoms with Gasteiger partial charge in [0.1, 0.15) is 6.54 Å². The quantitative estimate of drug-likeness (QED) is 0.204. The second kappa shape index (κ2) is 12.6. The molecular weight excluding hydrogens is 603 g/mol. The molecule has 5 rings (SSSR count). The molecule has 0 saturated carbocycles. The lowest BCUT2D eigenvalue weighted by atomic mass is 10.2. The van der Waals surface area contributed by atoms with Crippen molar-refractivity contribution in [3.8, 4) is 5.82 Å². The molecule has 0 radical (unpaired) electrons. The fourth-order valence-corrected chi connectivity index (χ4v) is 6.68. The van der Waals surface area contributed by atoms with Crippen molar-refractivity contribution in [3.05, 3.63) is 70.8 Å². The summed E-state index contributed by atoms with van der Waals surface area (Å²) in [6, 6.07) is 14.4. The van der Waals surface area contributed by atoms with E-state index in [1.807, 2.05) is 22.5 Å². The zero-order chi connectivity index (χ0) is 29.9. The Morgan fingerprint density at radius 1 is 1.05 bits per heavy atom. The van der Waals surface area contributed by atoms with Crippen LogP contribution in [0.1, 0.15) is 19.8 Å². The Morgan fingerprint density at radius 2 is 1.79 bits per heavy atom. The summed E-state index contributed by atoms with van der Waals surface area (Å²) in [4.78, 5) is 26.1. The molecule has 42 heavy (non-hydrogen) atoms. The summed E-state index contributed by atoms with van der Waals surface area (Å²) >= 11 is 12.2. The second-order valence-electron chi connectivity index (χ2n) is 9.64. The average Bonchev–Trinajstić information content (AvgIpc) is 3.39. The van der Waals surface area contributed by atoms with Crippen LogP contribution in [0.25, 0.3) is 16.7 Å². The first-order valence-corrected chi connectivity index (χ1v) is 15.5. The number of unbranched alkanes of at least 4 members (excludes halogenated alkanes) is 1. The number of aromatic nitrogens is 3.